The number of ether oxygens (including phenoxy) is 2. The number of allylic oxidation sites excluding steroid dienone is 1. The first-order valence-corrected chi connectivity index (χ1v) is 10.9. The van der Waals surface area contributed by atoms with Crippen molar-refractivity contribution in [1.29, 1.82) is 5.26 Å². The number of carbonyl (C=O) groups excluding carboxylic acids is 1. The van der Waals surface area contributed by atoms with Gasteiger partial charge in [0.25, 0.3) is 0 Å². The minimum atomic E-state index is -0.497. The molecule has 0 amide bonds. The fraction of sp³-hybridized carbons (Fsp3) is 0.296. The molecule has 0 aliphatic carbocycles. The van der Waals surface area contributed by atoms with E-state index in [0.717, 1.165) is 16.8 Å². The Kier molecular flexibility index (Phi) is 7.34. The van der Waals surface area contributed by atoms with Gasteiger partial charge in [-0.25, -0.2) is 4.79 Å². The van der Waals surface area contributed by atoms with Gasteiger partial charge in [0, 0.05) is 6.54 Å². The Morgan fingerprint density at radius 3 is 2.27 bits per heavy atom. The van der Waals surface area contributed by atoms with Crippen LogP contribution >= 0.6 is 0 Å². The van der Waals surface area contributed by atoms with Gasteiger partial charge in [-0.1, -0.05) is 63.2 Å². The summed E-state index contributed by atoms with van der Waals surface area (Å²) in [4.78, 5) is 12.3. The summed E-state index contributed by atoms with van der Waals surface area (Å²) >= 11 is 0. The molecule has 6 nitrogen and oxygen atoms in total. The number of benzene rings is 2. The maximum absolute atomic E-state index is 12.3. The predicted molar refractivity (Wildman–Crippen MR) is 128 cm³/mol. The summed E-state index contributed by atoms with van der Waals surface area (Å²) in [6, 6.07) is 20.7. The third-order valence-electron chi connectivity index (χ3n) is 5.22. The third kappa shape index (κ3) is 5.69. The number of hydrogen-bond acceptors (Lipinski definition) is 5. The highest BCUT2D eigenvalue weighted by atomic mass is 16.7. The van der Waals surface area contributed by atoms with Gasteiger partial charge < -0.3 is 9.47 Å². The minimum absolute atomic E-state index is 0.00202. The molecule has 0 atom stereocenters. The van der Waals surface area contributed by atoms with E-state index in [9.17, 15) is 10.1 Å². The Hall–Kier alpha value is -3.85. The summed E-state index contributed by atoms with van der Waals surface area (Å²) in [5, 5.41) is 14.6. The van der Waals surface area contributed by atoms with Crippen molar-refractivity contribution in [3.63, 3.8) is 0 Å². The zero-order valence-electron chi connectivity index (χ0n) is 19.8. The van der Waals surface area contributed by atoms with Crippen LogP contribution in [-0.4, -0.2) is 22.5 Å². The molecule has 0 saturated carbocycles. The van der Waals surface area contributed by atoms with E-state index in [-0.39, 0.29) is 12.2 Å². The van der Waals surface area contributed by atoms with Crippen LogP contribution < -0.4 is 0 Å². The summed E-state index contributed by atoms with van der Waals surface area (Å²) < 4.78 is 13.0. The van der Waals surface area contributed by atoms with Crippen molar-refractivity contribution in [3.8, 4) is 6.07 Å². The van der Waals surface area contributed by atoms with Gasteiger partial charge in [-0.05, 0) is 48.6 Å². The number of hydrogen-bond donors (Lipinski definition) is 0. The van der Waals surface area contributed by atoms with Crippen molar-refractivity contribution >= 4 is 17.3 Å². The van der Waals surface area contributed by atoms with E-state index in [1.807, 2.05) is 50.2 Å². The van der Waals surface area contributed by atoms with Crippen LogP contribution in [0.1, 0.15) is 60.6 Å². The minimum Gasteiger partial charge on any atom is -0.454 e. The monoisotopic (exact) mass is 443 g/mol. The molecule has 0 unspecified atom stereocenters. The van der Waals surface area contributed by atoms with Crippen molar-refractivity contribution in [3.05, 3.63) is 88.7 Å². The molecule has 33 heavy (non-hydrogen) atoms. The Balaban J connectivity index is 1.97. The lowest BCUT2D eigenvalue weighted by Crippen LogP contribution is -2.12. The Morgan fingerprint density at radius 1 is 1.03 bits per heavy atom. The molecule has 3 aromatic rings. The number of carbonyl (C=O) groups is 1. The summed E-state index contributed by atoms with van der Waals surface area (Å²) in [5.74, 6) is -0.174. The lowest BCUT2D eigenvalue weighted by atomic mass is 9.86. The van der Waals surface area contributed by atoms with Crippen LogP contribution in [0.3, 0.4) is 0 Å². The third-order valence-corrected chi connectivity index (χ3v) is 5.22. The molecular formula is C27H29N3O3. The molecule has 3 rings (SSSR count). The predicted octanol–water partition coefficient (Wildman–Crippen LogP) is 5.73. The van der Waals surface area contributed by atoms with Gasteiger partial charge in [0.05, 0.1) is 11.3 Å². The summed E-state index contributed by atoms with van der Waals surface area (Å²) in [7, 11) is 0. The van der Waals surface area contributed by atoms with Crippen LogP contribution in [0.15, 0.2) is 60.7 Å². The second-order valence-electron chi connectivity index (χ2n) is 8.69. The van der Waals surface area contributed by atoms with Crippen LogP contribution in [0.4, 0.5) is 0 Å². The molecule has 0 spiro atoms. The van der Waals surface area contributed by atoms with Crippen molar-refractivity contribution in [2.24, 2.45) is 0 Å². The van der Waals surface area contributed by atoms with Crippen LogP contribution in [0.25, 0.3) is 11.3 Å². The van der Waals surface area contributed by atoms with Crippen LogP contribution in [0.2, 0.25) is 0 Å². The molecular weight excluding hydrogens is 414 g/mol. The number of aryl methyl sites for hydroxylation is 2. The molecule has 0 fully saturated rings. The second-order valence-corrected chi connectivity index (χ2v) is 8.69. The maximum Gasteiger partial charge on any atom is 0.340 e. The van der Waals surface area contributed by atoms with Gasteiger partial charge in [-0.2, -0.15) is 10.4 Å². The van der Waals surface area contributed by atoms with Gasteiger partial charge in [0.2, 0.25) is 6.79 Å². The van der Waals surface area contributed by atoms with Crippen LogP contribution in [0.5, 0.6) is 0 Å². The van der Waals surface area contributed by atoms with E-state index in [0.29, 0.717) is 29.1 Å². The fourth-order valence-electron chi connectivity index (χ4n) is 3.43. The Morgan fingerprint density at radius 2 is 1.70 bits per heavy atom. The van der Waals surface area contributed by atoms with Crippen LogP contribution in [0, 0.1) is 18.3 Å². The average Bonchev–Trinajstić information content (AvgIpc) is 3.19. The van der Waals surface area contributed by atoms with Gasteiger partial charge in [-0.3, -0.25) is 4.68 Å². The SMILES string of the molecule is CCn1nc(C)cc1/C(OCOC(=O)c1ccccc1)=C(\C#N)c1ccc(C(C)(C)C)cc1. The molecule has 2 aromatic carbocycles. The Labute approximate surface area is 195 Å². The molecule has 1 heterocycles. The van der Waals surface area contributed by atoms with Gasteiger partial charge in [0.15, 0.2) is 5.76 Å². The lowest BCUT2D eigenvalue weighted by molar-refractivity contribution is 0.00658. The average molecular weight is 444 g/mol. The standard InChI is InChI=1S/C27H29N3O3/c1-6-30-24(16-19(2)29-30)25(32-18-33-26(31)21-10-8-7-9-11-21)23(17-28)20-12-14-22(15-13-20)27(3,4)5/h7-16H,6,18H2,1-5H3/b25-23-. The molecule has 0 aliphatic heterocycles. The van der Waals surface area contributed by atoms with E-state index in [1.54, 1.807) is 28.9 Å². The summed E-state index contributed by atoms with van der Waals surface area (Å²) in [6.07, 6.45) is 0. The summed E-state index contributed by atoms with van der Waals surface area (Å²) in [6.45, 7) is 10.5. The largest absolute Gasteiger partial charge is 0.454 e. The van der Waals surface area contributed by atoms with Crippen LogP contribution in [-0.2, 0) is 21.4 Å². The first kappa shape index (κ1) is 23.8. The molecule has 170 valence electrons. The molecule has 0 radical (unpaired) electrons. The molecule has 0 N–H and O–H groups in total. The van der Waals surface area contributed by atoms with E-state index in [4.69, 9.17) is 9.47 Å². The van der Waals surface area contributed by atoms with Crippen molar-refractivity contribution in [2.75, 3.05) is 6.79 Å². The number of aromatic nitrogens is 2. The quantitative estimate of drug-likeness (QED) is 0.202. The molecule has 0 saturated heterocycles. The van der Waals surface area contributed by atoms with Gasteiger partial charge in [-0.15, -0.1) is 0 Å². The van der Waals surface area contributed by atoms with E-state index in [1.165, 1.54) is 0 Å². The molecule has 0 bridgehead atoms. The first-order chi connectivity index (χ1) is 15.7. The molecule has 6 heteroatoms. The Bertz CT molecular complexity index is 1180. The fourth-order valence-corrected chi connectivity index (χ4v) is 3.43. The summed E-state index contributed by atoms with van der Waals surface area (Å²) in [5.41, 5.74) is 4.11. The lowest BCUT2D eigenvalue weighted by Gasteiger charge is -2.19. The van der Waals surface area contributed by atoms with Gasteiger partial charge in [0.1, 0.15) is 17.3 Å². The second kappa shape index (κ2) is 10.2. The smallest absolute Gasteiger partial charge is 0.340 e. The number of nitriles is 1. The molecule has 1 aromatic heterocycles. The maximum atomic E-state index is 12.3. The highest BCUT2D eigenvalue weighted by Gasteiger charge is 2.20. The van der Waals surface area contributed by atoms with E-state index < -0.39 is 5.97 Å². The van der Waals surface area contributed by atoms with Crippen molar-refractivity contribution in [1.82, 2.24) is 9.78 Å². The first-order valence-electron chi connectivity index (χ1n) is 10.9. The molecule has 0 aliphatic rings. The zero-order chi connectivity index (χ0) is 24.0. The highest BCUT2D eigenvalue weighted by molar-refractivity contribution is 5.94. The van der Waals surface area contributed by atoms with Crippen molar-refractivity contribution < 1.29 is 14.3 Å². The van der Waals surface area contributed by atoms with Crippen molar-refractivity contribution in [2.45, 2.75) is 46.6 Å². The number of nitrogens with zero attached hydrogens (tertiary/aromatic N) is 3. The van der Waals surface area contributed by atoms with E-state index in [2.05, 4.69) is 31.9 Å². The van der Waals surface area contributed by atoms with Gasteiger partial charge >= 0.3 is 5.97 Å². The van der Waals surface area contributed by atoms with E-state index >= 15 is 0 Å². The zero-order valence-corrected chi connectivity index (χ0v) is 19.8. The number of esters is 1. The highest BCUT2D eigenvalue weighted by Crippen LogP contribution is 2.30. The normalized spacial score (nSPS) is 12.0. The topological polar surface area (TPSA) is 77.1 Å². The number of rotatable bonds is 7.